The van der Waals surface area contributed by atoms with Crippen molar-refractivity contribution in [3.63, 3.8) is 0 Å². The van der Waals surface area contributed by atoms with Gasteiger partial charge in [-0.2, -0.15) is 18.3 Å². The first-order valence-electron chi connectivity index (χ1n) is 10.2. The Morgan fingerprint density at radius 3 is 2.60 bits per heavy atom. The fourth-order valence-corrected chi connectivity index (χ4v) is 4.29. The van der Waals surface area contributed by atoms with E-state index >= 15 is 0 Å². The lowest BCUT2D eigenvalue weighted by Crippen LogP contribution is -2.15. The van der Waals surface area contributed by atoms with Gasteiger partial charge in [-0.25, -0.2) is 18.3 Å². The third kappa shape index (κ3) is 5.53. The van der Waals surface area contributed by atoms with Gasteiger partial charge < -0.3 is 11.1 Å². The van der Waals surface area contributed by atoms with Gasteiger partial charge in [0.05, 0.1) is 28.9 Å². The van der Waals surface area contributed by atoms with Crippen molar-refractivity contribution in [3.8, 4) is 11.3 Å². The molecular weight excluding hydrogens is 489 g/mol. The van der Waals surface area contributed by atoms with Gasteiger partial charge in [0.2, 0.25) is 5.91 Å². The van der Waals surface area contributed by atoms with Crippen LogP contribution in [0.5, 0.6) is 0 Å². The number of fused-ring (bicyclic) bond motifs is 1. The monoisotopic (exact) mass is 507 g/mol. The summed E-state index contributed by atoms with van der Waals surface area (Å²) in [6, 6.07) is 9.28. The Labute approximate surface area is 200 Å². The van der Waals surface area contributed by atoms with Gasteiger partial charge in [-0.05, 0) is 48.9 Å². The number of aryl methyl sites for hydroxylation is 1. The Morgan fingerprint density at radius 1 is 1.14 bits per heavy atom. The molecule has 0 atom stereocenters. The molecule has 0 saturated heterocycles. The number of primary amides is 1. The minimum atomic E-state index is -4.36. The number of nitrogens with two attached hydrogens (primary N) is 1. The number of nitrogens with zero attached hydrogens (tertiary/aromatic N) is 3. The van der Waals surface area contributed by atoms with Crippen molar-refractivity contribution in [1.29, 1.82) is 0 Å². The van der Waals surface area contributed by atoms with Crippen molar-refractivity contribution >= 4 is 29.0 Å². The lowest BCUT2D eigenvalue weighted by molar-refractivity contribution is -0.131. The van der Waals surface area contributed by atoms with E-state index in [1.165, 1.54) is 16.8 Å². The van der Waals surface area contributed by atoms with Crippen molar-refractivity contribution in [3.05, 3.63) is 71.4 Å². The second kappa shape index (κ2) is 9.53. The first-order valence-corrected chi connectivity index (χ1v) is 11.1. The second-order valence-electron chi connectivity index (χ2n) is 7.64. The molecule has 2 aromatic heterocycles. The number of amides is 1. The molecule has 0 aliphatic rings. The third-order valence-electron chi connectivity index (χ3n) is 5.06. The van der Waals surface area contributed by atoms with Gasteiger partial charge >= 0.3 is 6.18 Å². The van der Waals surface area contributed by atoms with Crippen LogP contribution in [0.3, 0.4) is 0 Å². The molecule has 0 saturated carbocycles. The molecule has 0 bridgehead atoms. The number of benzene rings is 2. The highest BCUT2D eigenvalue weighted by Crippen LogP contribution is 2.33. The summed E-state index contributed by atoms with van der Waals surface area (Å²) >= 11 is 0.815. The average Bonchev–Trinajstić information content (AvgIpc) is 3.19. The van der Waals surface area contributed by atoms with Crippen molar-refractivity contribution in [2.75, 3.05) is 11.9 Å². The fourth-order valence-electron chi connectivity index (χ4n) is 3.43. The van der Waals surface area contributed by atoms with Crippen LogP contribution >= 0.6 is 11.8 Å². The van der Waals surface area contributed by atoms with E-state index in [1.54, 1.807) is 25.1 Å². The number of halogens is 5. The number of nitrogens with one attached hydrogen (secondary N) is 1. The van der Waals surface area contributed by atoms with Crippen molar-refractivity contribution in [2.45, 2.75) is 29.4 Å². The van der Waals surface area contributed by atoms with Gasteiger partial charge in [0.25, 0.3) is 0 Å². The van der Waals surface area contributed by atoms with E-state index in [-0.39, 0.29) is 21.3 Å². The molecule has 2 aromatic carbocycles. The molecule has 35 heavy (non-hydrogen) atoms. The van der Waals surface area contributed by atoms with E-state index in [2.05, 4.69) is 15.4 Å². The summed E-state index contributed by atoms with van der Waals surface area (Å²) in [4.78, 5) is 15.8. The van der Waals surface area contributed by atoms with Crippen LogP contribution < -0.4 is 11.1 Å². The van der Waals surface area contributed by atoms with E-state index in [0.717, 1.165) is 30.0 Å². The molecule has 0 spiro atoms. The zero-order chi connectivity index (χ0) is 25.3. The lowest BCUT2D eigenvalue weighted by atomic mass is 10.0. The molecule has 4 aromatic rings. The maximum absolute atomic E-state index is 14.2. The van der Waals surface area contributed by atoms with Gasteiger partial charge in [0.15, 0.2) is 5.65 Å². The molecule has 0 aliphatic carbocycles. The largest absolute Gasteiger partial charge is 0.390 e. The van der Waals surface area contributed by atoms with Crippen molar-refractivity contribution in [2.24, 2.45) is 5.73 Å². The number of aromatic nitrogens is 3. The number of carbonyl (C=O) groups excluding carboxylic acids is 1. The van der Waals surface area contributed by atoms with E-state index < -0.39 is 36.7 Å². The Hall–Kier alpha value is -3.67. The minimum absolute atomic E-state index is 0.0404. The first kappa shape index (κ1) is 24.5. The maximum Gasteiger partial charge on any atom is 0.390 e. The van der Waals surface area contributed by atoms with E-state index in [4.69, 9.17) is 5.73 Å². The Bertz CT molecular complexity index is 1420. The molecule has 182 valence electrons. The second-order valence-corrected chi connectivity index (χ2v) is 8.70. The standard InChI is InChI=1S/C23H18F5N5OS/c1-12-8-13(2-4-15(12)21(29)34)18-11-31-22-17(30-7-6-23(26,27)28)10-20(32-33(18)22)35-19-9-14(24)3-5-16(19)25/h2-5,8-11,30H,6-7H2,1H3,(H2,29,34). The molecule has 4 rings (SSSR count). The topological polar surface area (TPSA) is 85.3 Å². The number of alkyl halides is 3. The van der Waals surface area contributed by atoms with Crippen molar-refractivity contribution in [1.82, 2.24) is 14.6 Å². The zero-order valence-electron chi connectivity index (χ0n) is 18.2. The average molecular weight is 507 g/mol. The van der Waals surface area contributed by atoms with Gasteiger partial charge in [0.1, 0.15) is 16.7 Å². The number of rotatable bonds is 7. The van der Waals surface area contributed by atoms with Gasteiger partial charge in [-0.15, -0.1) is 0 Å². The van der Waals surface area contributed by atoms with Crippen molar-refractivity contribution < 1.29 is 26.7 Å². The highest BCUT2D eigenvalue weighted by Gasteiger charge is 2.26. The Kier molecular flexibility index (Phi) is 6.66. The van der Waals surface area contributed by atoms with Gasteiger partial charge in [-0.3, -0.25) is 4.79 Å². The number of anilines is 1. The van der Waals surface area contributed by atoms with Gasteiger partial charge in [0, 0.05) is 17.7 Å². The number of hydrogen-bond acceptors (Lipinski definition) is 5. The van der Waals surface area contributed by atoms with E-state index in [9.17, 15) is 26.7 Å². The van der Waals surface area contributed by atoms with E-state index in [0.29, 0.717) is 22.4 Å². The molecule has 2 heterocycles. The zero-order valence-corrected chi connectivity index (χ0v) is 19.0. The molecule has 3 N–H and O–H groups in total. The highest BCUT2D eigenvalue weighted by molar-refractivity contribution is 7.99. The Balaban J connectivity index is 1.80. The third-order valence-corrected chi connectivity index (χ3v) is 6.01. The molecule has 0 radical (unpaired) electrons. The summed E-state index contributed by atoms with van der Waals surface area (Å²) in [5.74, 6) is -1.91. The van der Waals surface area contributed by atoms with Crippen LogP contribution in [-0.4, -0.2) is 33.2 Å². The first-order chi connectivity index (χ1) is 16.5. The van der Waals surface area contributed by atoms with Crippen LogP contribution in [0.15, 0.2) is 58.6 Å². The minimum Gasteiger partial charge on any atom is -0.382 e. The summed E-state index contributed by atoms with van der Waals surface area (Å²) in [5.41, 5.74) is 7.88. The number of carbonyl (C=O) groups is 1. The fraction of sp³-hybridized carbons (Fsp3) is 0.174. The predicted molar refractivity (Wildman–Crippen MR) is 121 cm³/mol. The van der Waals surface area contributed by atoms with Gasteiger partial charge in [-0.1, -0.05) is 17.8 Å². The highest BCUT2D eigenvalue weighted by atomic mass is 32.2. The molecular formula is C23H18F5N5OS. The normalized spacial score (nSPS) is 11.7. The number of imidazole rings is 1. The summed E-state index contributed by atoms with van der Waals surface area (Å²) in [6.07, 6.45) is -3.96. The maximum atomic E-state index is 14.2. The van der Waals surface area contributed by atoms with E-state index in [1.807, 2.05) is 0 Å². The molecule has 6 nitrogen and oxygen atoms in total. The number of hydrogen-bond donors (Lipinski definition) is 2. The molecule has 0 unspecified atom stereocenters. The predicted octanol–water partition coefficient (Wildman–Crippen LogP) is 5.60. The summed E-state index contributed by atoms with van der Waals surface area (Å²) < 4.78 is 67.3. The summed E-state index contributed by atoms with van der Waals surface area (Å²) in [6.45, 7) is 1.29. The summed E-state index contributed by atoms with van der Waals surface area (Å²) in [5, 5.41) is 7.36. The molecule has 0 fully saturated rings. The smallest absolute Gasteiger partial charge is 0.382 e. The molecule has 12 heteroatoms. The van der Waals surface area contributed by atoms with Crippen LogP contribution in [0, 0.1) is 18.6 Å². The summed E-state index contributed by atoms with van der Waals surface area (Å²) in [7, 11) is 0. The lowest BCUT2D eigenvalue weighted by Gasteiger charge is -2.12. The van der Waals surface area contributed by atoms with Crippen LogP contribution in [0.25, 0.3) is 16.9 Å². The van der Waals surface area contributed by atoms with Crippen LogP contribution in [-0.2, 0) is 0 Å². The molecule has 0 aliphatic heterocycles. The van der Waals surface area contributed by atoms with Crippen LogP contribution in [0.4, 0.5) is 27.6 Å². The Morgan fingerprint density at radius 2 is 1.91 bits per heavy atom. The van der Waals surface area contributed by atoms with Crippen LogP contribution in [0.1, 0.15) is 22.3 Å². The van der Waals surface area contributed by atoms with Crippen LogP contribution in [0.2, 0.25) is 0 Å². The molecule has 1 amide bonds. The SMILES string of the molecule is Cc1cc(-c2cnc3c(NCCC(F)(F)F)cc(Sc4cc(F)ccc4F)nn23)ccc1C(N)=O. The quantitative estimate of drug-likeness (QED) is 0.318.